The molecule has 4 heterocycles. The molecule has 1 aromatic heterocycles. The molecular weight excluding hydrogens is 224 g/mol. The molecule has 1 N–H and O–H groups in total. The van der Waals surface area contributed by atoms with Crippen LogP contribution in [-0.4, -0.2) is 40.1 Å². The Kier molecular flexibility index (Phi) is 3.55. The molecule has 18 heavy (non-hydrogen) atoms. The van der Waals surface area contributed by atoms with E-state index in [4.69, 9.17) is 0 Å². The predicted octanol–water partition coefficient (Wildman–Crippen LogP) is 2.19. The zero-order valence-corrected chi connectivity index (χ0v) is 11.3. The molecule has 100 valence electrons. The Morgan fingerprint density at radius 2 is 2.22 bits per heavy atom. The lowest BCUT2D eigenvalue weighted by atomic mass is 9.84. The zero-order valence-electron chi connectivity index (χ0n) is 11.3. The van der Waals surface area contributed by atoms with Crippen molar-refractivity contribution in [1.29, 1.82) is 0 Å². The highest BCUT2D eigenvalue weighted by Gasteiger charge is 2.34. The molecule has 3 fully saturated rings. The van der Waals surface area contributed by atoms with Crippen LogP contribution in [0.1, 0.15) is 32.6 Å². The molecule has 0 radical (unpaired) electrons. The number of piperidine rings is 3. The lowest BCUT2D eigenvalue weighted by molar-refractivity contribution is 0.0970. The van der Waals surface area contributed by atoms with E-state index in [2.05, 4.69) is 32.9 Å². The van der Waals surface area contributed by atoms with Gasteiger partial charge in [0.15, 0.2) is 0 Å². The van der Waals surface area contributed by atoms with Gasteiger partial charge in [0.2, 0.25) is 5.95 Å². The van der Waals surface area contributed by atoms with Crippen LogP contribution in [0, 0.1) is 5.92 Å². The molecule has 4 rings (SSSR count). The molecule has 0 aliphatic carbocycles. The molecule has 3 aliphatic rings. The molecule has 3 saturated heterocycles. The van der Waals surface area contributed by atoms with Gasteiger partial charge in [0, 0.05) is 31.5 Å². The van der Waals surface area contributed by atoms with Crippen molar-refractivity contribution in [2.45, 2.75) is 45.2 Å². The summed E-state index contributed by atoms with van der Waals surface area (Å²) in [5, 5.41) is 3.68. The fourth-order valence-electron chi connectivity index (χ4n) is 3.25. The first-order valence-corrected chi connectivity index (χ1v) is 7.37. The van der Waals surface area contributed by atoms with Gasteiger partial charge in [-0.2, -0.15) is 0 Å². The standard InChI is InChI=1S/C14H24N4/c1-2-3-7-18-10-6-15-14(18)16-13-11-17-8-4-12(13)5-9-17/h6,10,12-13H,2-5,7-9,11H2,1H3,(H,15,16). The van der Waals surface area contributed by atoms with Crippen molar-refractivity contribution in [3.8, 4) is 0 Å². The van der Waals surface area contributed by atoms with Gasteiger partial charge in [-0.25, -0.2) is 4.98 Å². The van der Waals surface area contributed by atoms with Crippen LogP contribution in [0.25, 0.3) is 0 Å². The van der Waals surface area contributed by atoms with Gasteiger partial charge >= 0.3 is 0 Å². The van der Waals surface area contributed by atoms with Crippen LogP contribution in [0.5, 0.6) is 0 Å². The number of aromatic nitrogens is 2. The van der Waals surface area contributed by atoms with Crippen molar-refractivity contribution in [2.75, 3.05) is 25.0 Å². The van der Waals surface area contributed by atoms with E-state index < -0.39 is 0 Å². The van der Waals surface area contributed by atoms with Crippen LogP contribution >= 0.6 is 0 Å². The van der Waals surface area contributed by atoms with Gasteiger partial charge in [0.05, 0.1) is 0 Å². The van der Waals surface area contributed by atoms with Crippen molar-refractivity contribution in [3.05, 3.63) is 12.4 Å². The monoisotopic (exact) mass is 248 g/mol. The van der Waals surface area contributed by atoms with Crippen molar-refractivity contribution in [2.24, 2.45) is 5.92 Å². The minimum absolute atomic E-state index is 0.607. The Bertz CT molecular complexity index is 379. The molecule has 0 amide bonds. The number of nitrogens with zero attached hydrogens (tertiary/aromatic N) is 3. The Balaban J connectivity index is 1.63. The summed E-state index contributed by atoms with van der Waals surface area (Å²) in [6.07, 6.45) is 9.18. The van der Waals surface area contributed by atoms with E-state index >= 15 is 0 Å². The second-order valence-corrected chi connectivity index (χ2v) is 5.69. The third kappa shape index (κ3) is 2.39. The summed E-state index contributed by atoms with van der Waals surface area (Å²) in [5.41, 5.74) is 0. The summed E-state index contributed by atoms with van der Waals surface area (Å²) in [6.45, 7) is 7.11. The average Bonchev–Trinajstić information content (AvgIpc) is 2.85. The van der Waals surface area contributed by atoms with Crippen LogP contribution in [0.15, 0.2) is 12.4 Å². The Morgan fingerprint density at radius 1 is 1.39 bits per heavy atom. The largest absolute Gasteiger partial charge is 0.351 e. The van der Waals surface area contributed by atoms with Crippen LogP contribution in [0.3, 0.4) is 0 Å². The highest BCUT2D eigenvalue weighted by Crippen LogP contribution is 2.29. The van der Waals surface area contributed by atoms with Gasteiger partial charge in [-0.15, -0.1) is 0 Å². The first kappa shape index (κ1) is 12.0. The van der Waals surface area contributed by atoms with Gasteiger partial charge < -0.3 is 14.8 Å². The zero-order chi connectivity index (χ0) is 12.4. The number of nitrogens with one attached hydrogen (secondary N) is 1. The van der Waals surface area contributed by atoms with Crippen molar-refractivity contribution in [1.82, 2.24) is 14.5 Å². The van der Waals surface area contributed by atoms with Gasteiger partial charge in [0.1, 0.15) is 0 Å². The third-order valence-electron chi connectivity index (χ3n) is 4.44. The van der Waals surface area contributed by atoms with Gasteiger partial charge in [-0.1, -0.05) is 13.3 Å². The van der Waals surface area contributed by atoms with E-state index in [0.717, 1.165) is 18.4 Å². The highest BCUT2D eigenvalue weighted by molar-refractivity contribution is 5.29. The maximum atomic E-state index is 4.48. The Labute approximate surface area is 109 Å². The second-order valence-electron chi connectivity index (χ2n) is 5.69. The number of imidazole rings is 1. The average molecular weight is 248 g/mol. The summed E-state index contributed by atoms with van der Waals surface area (Å²) < 4.78 is 2.26. The number of aryl methyl sites for hydroxylation is 1. The van der Waals surface area contributed by atoms with Gasteiger partial charge in [0.25, 0.3) is 0 Å². The molecule has 0 aromatic carbocycles. The quantitative estimate of drug-likeness (QED) is 0.867. The van der Waals surface area contributed by atoms with Gasteiger partial charge in [-0.3, -0.25) is 0 Å². The molecule has 0 spiro atoms. The lowest BCUT2D eigenvalue weighted by Crippen LogP contribution is -2.53. The first-order chi connectivity index (χ1) is 8.86. The first-order valence-electron chi connectivity index (χ1n) is 7.37. The summed E-state index contributed by atoms with van der Waals surface area (Å²) in [7, 11) is 0. The van der Waals surface area contributed by atoms with Crippen molar-refractivity contribution < 1.29 is 0 Å². The molecule has 1 aromatic rings. The Morgan fingerprint density at radius 3 is 2.89 bits per heavy atom. The van der Waals surface area contributed by atoms with Crippen LogP contribution < -0.4 is 5.32 Å². The van der Waals surface area contributed by atoms with Crippen LogP contribution in [0.2, 0.25) is 0 Å². The highest BCUT2D eigenvalue weighted by atomic mass is 15.2. The van der Waals surface area contributed by atoms with E-state index in [1.807, 2.05) is 6.20 Å². The van der Waals surface area contributed by atoms with E-state index in [9.17, 15) is 0 Å². The van der Waals surface area contributed by atoms with Crippen molar-refractivity contribution in [3.63, 3.8) is 0 Å². The molecule has 0 saturated carbocycles. The minimum atomic E-state index is 0.607. The Hall–Kier alpha value is -1.03. The summed E-state index contributed by atoms with van der Waals surface area (Å²) >= 11 is 0. The third-order valence-corrected chi connectivity index (χ3v) is 4.44. The van der Waals surface area contributed by atoms with E-state index in [1.54, 1.807) is 0 Å². The maximum absolute atomic E-state index is 4.48. The molecule has 1 atom stereocenters. The molecule has 3 aliphatic heterocycles. The minimum Gasteiger partial charge on any atom is -0.351 e. The maximum Gasteiger partial charge on any atom is 0.203 e. The van der Waals surface area contributed by atoms with Crippen molar-refractivity contribution >= 4 is 5.95 Å². The van der Waals surface area contributed by atoms with E-state index in [1.165, 1.54) is 45.3 Å². The molecule has 1 unspecified atom stereocenters. The number of unbranched alkanes of at least 4 members (excludes halogenated alkanes) is 1. The summed E-state index contributed by atoms with van der Waals surface area (Å²) in [5.74, 6) is 1.92. The lowest BCUT2D eigenvalue weighted by Gasteiger charge is -2.45. The van der Waals surface area contributed by atoms with Crippen LogP contribution in [-0.2, 0) is 6.54 Å². The number of hydrogen-bond acceptors (Lipinski definition) is 3. The molecular formula is C14H24N4. The topological polar surface area (TPSA) is 33.1 Å². The summed E-state index contributed by atoms with van der Waals surface area (Å²) in [4.78, 5) is 7.06. The summed E-state index contributed by atoms with van der Waals surface area (Å²) in [6, 6.07) is 0.607. The van der Waals surface area contributed by atoms with Gasteiger partial charge in [-0.05, 0) is 38.3 Å². The van der Waals surface area contributed by atoms with E-state index in [-0.39, 0.29) is 0 Å². The molecule has 4 nitrogen and oxygen atoms in total. The molecule has 2 bridgehead atoms. The number of hydrogen-bond donors (Lipinski definition) is 1. The predicted molar refractivity (Wildman–Crippen MR) is 73.7 cm³/mol. The molecule has 4 heteroatoms. The number of rotatable bonds is 5. The fraction of sp³-hybridized carbons (Fsp3) is 0.786. The van der Waals surface area contributed by atoms with E-state index in [0.29, 0.717) is 6.04 Å². The fourth-order valence-corrected chi connectivity index (χ4v) is 3.25. The van der Waals surface area contributed by atoms with Crippen LogP contribution in [0.4, 0.5) is 5.95 Å². The SMILES string of the molecule is CCCCn1ccnc1NC1CN2CCC1CC2. The normalized spacial score (nSPS) is 30.6. The number of fused-ring (bicyclic) bond motifs is 3. The smallest absolute Gasteiger partial charge is 0.203 e. The number of anilines is 1. The second kappa shape index (κ2) is 5.31.